The Labute approximate surface area is 109 Å². The number of H-pyrrole nitrogens is 1. The summed E-state index contributed by atoms with van der Waals surface area (Å²) in [5.74, 6) is 0. The van der Waals surface area contributed by atoms with Crippen LogP contribution in [0.25, 0.3) is 10.9 Å². The first-order valence-corrected chi connectivity index (χ1v) is 6.36. The van der Waals surface area contributed by atoms with Gasteiger partial charge in [0.15, 0.2) is 0 Å². The standard InChI is InChI=1S/C14H15F3N2/c1-19-8-2-3-12(19)10-4-5-11-9(6-7-18-11)13(10)14(15,16)17/h4-7,12,18H,2-3,8H2,1H3/t12-/m0/s1. The van der Waals surface area contributed by atoms with E-state index in [1.54, 1.807) is 18.3 Å². The highest BCUT2D eigenvalue weighted by molar-refractivity contribution is 5.85. The van der Waals surface area contributed by atoms with Crippen molar-refractivity contribution in [1.29, 1.82) is 0 Å². The fraction of sp³-hybridized carbons (Fsp3) is 0.429. The first-order chi connectivity index (χ1) is 8.98. The molecule has 1 aliphatic heterocycles. The van der Waals surface area contributed by atoms with Crippen LogP contribution in [0.2, 0.25) is 0 Å². The average Bonchev–Trinajstić information content (AvgIpc) is 2.93. The third-order valence-corrected chi connectivity index (χ3v) is 3.93. The maximum Gasteiger partial charge on any atom is 0.417 e. The van der Waals surface area contributed by atoms with E-state index in [-0.39, 0.29) is 11.4 Å². The van der Waals surface area contributed by atoms with Crippen LogP contribution >= 0.6 is 0 Å². The zero-order valence-electron chi connectivity index (χ0n) is 10.6. The van der Waals surface area contributed by atoms with E-state index in [9.17, 15) is 13.2 Å². The molecule has 1 aliphatic rings. The lowest BCUT2D eigenvalue weighted by molar-refractivity contribution is -0.137. The number of fused-ring (bicyclic) bond motifs is 1. The Morgan fingerprint density at radius 3 is 2.68 bits per heavy atom. The van der Waals surface area contributed by atoms with E-state index in [1.165, 1.54) is 6.07 Å². The zero-order valence-corrected chi connectivity index (χ0v) is 10.6. The van der Waals surface area contributed by atoms with Crippen LogP contribution in [0.4, 0.5) is 13.2 Å². The molecule has 5 heteroatoms. The number of likely N-dealkylation sites (tertiary alicyclic amines) is 1. The summed E-state index contributed by atoms with van der Waals surface area (Å²) in [5, 5.41) is 0.269. The second-order valence-corrected chi connectivity index (χ2v) is 5.11. The van der Waals surface area contributed by atoms with Gasteiger partial charge < -0.3 is 4.98 Å². The van der Waals surface area contributed by atoms with Gasteiger partial charge in [0.1, 0.15) is 0 Å². The Kier molecular flexibility index (Phi) is 2.82. The third-order valence-electron chi connectivity index (χ3n) is 3.93. The molecule has 1 N–H and O–H groups in total. The smallest absolute Gasteiger partial charge is 0.361 e. The molecular formula is C14H15F3N2. The van der Waals surface area contributed by atoms with Crippen molar-refractivity contribution >= 4 is 10.9 Å². The molecule has 2 nitrogen and oxygen atoms in total. The first kappa shape index (κ1) is 12.5. The predicted molar refractivity (Wildman–Crippen MR) is 67.9 cm³/mol. The van der Waals surface area contributed by atoms with Gasteiger partial charge in [-0.25, -0.2) is 0 Å². The van der Waals surface area contributed by atoms with Gasteiger partial charge in [-0.2, -0.15) is 13.2 Å². The molecule has 0 spiro atoms. The van der Waals surface area contributed by atoms with Crippen molar-refractivity contribution in [2.45, 2.75) is 25.1 Å². The van der Waals surface area contributed by atoms with Crippen LogP contribution in [0.1, 0.15) is 30.0 Å². The number of halogens is 3. The lowest BCUT2D eigenvalue weighted by Crippen LogP contribution is -2.21. The molecule has 0 saturated carbocycles. The number of aromatic nitrogens is 1. The molecule has 3 rings (SSSR count). The first-order valence-electron chi connectivity index (χ1n) is 6.36. The molecule has 0 aliphatic carbocycles. The fourth-order valence-electron chi connectivity index (χ4n) is 3.05. The summed E-state index contributed by atoms with van der Waals surface area (Å²) < 4.78 is 40.2. The maximum atomic E-state index is 13.4. The van der Waals surface area contributed by atoms with E-state index < -0.39 is 11.7 Å². The third kappa shape index (κ3) is 2.02. The lowest BCUT2D eigenvalue weighted by atomic mass is 9.95. The number of nitrogens with one attached hydrogen (secondary N) is 1. The highest BCUT2D eigenvalue weighted by Crippen LogP contribution is 2.43. The summed E-state index contributed by atoms with van der Waals surface area (Å²) >= 11 is 0. The highest BCUT2D eigenvalue weighted by atomic mass is 19.4. The number of hydrogen-bond acceptors (Lipinski definition) is 1. The van der Waals surface area contributed by atoms with Gasteiger partial charge in [-0.15, -0.1) is 0 Å². The number of alkyl halides is 3. The van der Waals surface area contributed by atoms with E-state index in [4.69, 9.17) is 0 Å². The van der Waals surface area contributed by atoms with Crippen molar-refractivity contribution in [3.8, 4) is 0 Å². The number of benzene rings is 1. The molecule has 0 unspecified atom stereocenters. The Morgan fingerprint density at radius 2 is 2.05 bits per heavy atom. The van der Waals surface area contributed by atoms with Crippen molar-refractivity contribution in [3.63, 3.8) is 0 Å². The number of hydrogen-bond donors (Lipinski definition) is 1. The van der Waals surface area contributed by atoms with E-state index in [0.717, 1.165) is 19.4 Å². The van der Waals surface area contributed by atoms with E-state index in [0.29, 0.717) is 11.1 Å². The Morgan fingerprint density at radius 1 is 1.26 bits per heavy atom. The minimum Gasteiger partial charge on any atom is -0.361 e. The summed E-state index contributed by atoms with van der Waals surface area (Å²) in [7, 11) is 1.89. The van der Waals surface area contributed by atoms with Gasteiger partial charge in [-0.3, -0.25) is 4.90 Å². The molecule has 0 bridgehead atoms. The molecule has 2 heterocycles. The maximum absolute atomic E-state index is 13.4. The van der Waals surface area contributed by atoms with Crippen LogP contribution in [0.5, 0.6) is 0 Å². The van der Waals surface area contributed by atoms with Crippen molar-refractivity contribution in [3.05, 3.63) is 35.5 Å². The Balaban J connectivity index is 2.23. The van der Waals surface area contributed by atoms with E-state index >= 15 is 0 Å². The number of rotatable bonds is 1. The van der Waals surface area contributed by atoms with E-state index in [1.807, 2.05) is 11.9 Å². The molecule has 1 aromatic heterocycles. The summed E-state index contributed by atoms with van der Waals surface area (Å²) in [6, 6.07) is 4.74. The molecule has 19 heavy (non-hydrogen) atoms. The van der Waals surface area contributed by atoms with Crippen molar-refractivity contribution < 1.29 is 13.2 Å². The summed E-state index contributed by atoms with van der Waals surface area (Å²) in [4.78, 5) is 4.85. The van der Waals surface area contributed by atoms with Crippen LogP contribution in [-0.2, 0) is 6.18 Å². The van der Waals surface area contributed by atoms with Crippen LogP contribution in [0.3, 0.4) is 0 Å². The Bertz CT molecular complexity index is 600. The van der Waals surface area contributed by atoms with Crippen molar-refractivity contribution in [2.24, 2.45) is 0 Å². The second-order valence-electron chi connectivity index (χ2n) is 5.11. The van der Waals surface area contributed by atoms with Gasteiger partial charge in [-0.1, -0.05) is 6.07 Å². The van der Waals surface area contributed by atoms with Crippen LogP contribution in [0, 0.1) is 0 Å². The molecule has 0 amide bonds. The van der Waals surface area contributed by atoms with Crippen LogP contribution in [0.15, 0.2) is 24.4 Å². The summed E-state index contributed by atoms with van der Waals surface area (Å²) in [5.41, 5.74) is 0.460. The quantitative estimate of drug-likeness (QED) is 0.829. The zero-order chi connectivity index (χ0) is 13.6. The fourth-order valence-corrected chi connectivity index (χ4v) is 3.05. The SMILES string of the molecule is CN1CCC[C@H]1c1ccc2[nH]ccc2c1C(F)(F)F. The second kappa shape index (κ2) is 4.27. The molecule has 1 aromatic carbocycles. The normalized spacial score (nSPS) is 21.4. The minimum atomic E-state index is -4.32. The molecular weight excluding hydrogens is 253 g/mol. The minimum absolute atomic E-state index is 0.129. The molecule has 102 valence electrons. The average molecular weight is 268 g/mol. The molecule has 1 atom stereocenters. The summed E-state index contributed by atoms with van der Waals surface area (Å²) in [6.45, 7) is 0.854. The number of nitrogens with zero attached hydrogens (tertiary/aromatic N) is 1. The van der Waals surface area contributed by atoms with Crippen molar-refractivity contribution in [2.75, 3.05) is 13.6 Å². The molecule has 0 radical (unpaired) electrons. The van der Waals surface area contributed by atoms with E-state index in [2.05, 4.69) is 4.98 Å². The monoisotopic (exact) mass is 268 g/mol. The van der Waals surface area contributed by atoms with Gasteiger partial charge in [-0.05, 0) is 44.1 Å². The molecule has 2 aromatic rings. The molecule has 1 saturated heterocycles. The Hall–Kier alpha value is -1.49. The van der Waals surface area contributed by atoms with Crippen LogP contribution in [-0.4, -0.2) is 23.5 Å². The van der Waals surface area contributed by atoms with Gasteiger partial charge in [0.2, 0.25) is 0 Å². The van der Waals surface area contributed by atoms with Crippen LogP contribution < -0.4 is 0 Å². The van der Waals surface area contributed by atoms with Gasteiger partial charge >= 0.3 is 6.18 Å². The predicted octanol–water partition coefficient (Wildman–Crippen LogP) is 3.95. The largest absolute Gasteiger partial charge is 0.417 e. The topological polar surface area (TPSA) is 19.0 Å². The molecule has 1 fully saturated rings. The summed E-state index contributed by atoms with van der Waals surface area (Å²) in [6.07, 6.45) is -1.03. The highest BCUT2D eigenvalue weighted by Gasteiger charge is 2.38. The number of aromatic amines is 1. The van der Waals surface area contributed by atoms with Crippen molar-refractivity contribution in [1.82, 2.24) is 9.88 Å². The van der Waals surface area contributed by atoms with Gasteiger partial charge in [0.25, 0.3) is 0 Å². The van der Waals surface area contributed by atoms with Gasteiger partial charge in [0.05, 0.1) is 5.56 Å². The lowest BCUT2D eigenvalue weighted by Gasteiger charge is -2.24. The van der Waals surface area contributed by atoms with Gasteiger partial charge in [0, 0.05) is 23.1 Å².